The number of nitrogens with one attached hydrogen (secondary N) is 1. The minimum atomic E-state index is 0.636. The fraction of sp³-hybridized carbons (Fsp3) is 0.333. The van der Waals surface area contributed by atoms with Gasteiger partial charge in [-0.15, -0.1) is 0 Å². The molecule has 0 bridgehead atoms. The van der Waals surface area contributed by atoms with Crippen LogP contribution in [0.2, 0.25) is 5.02 Å². The summed E-state index contributed by atoms with van der Waals surface area (Å²) in [6.07, 6.45) is 0. The second-order valence-electron chi connectivity index (χ2n) is 2.62. The molecule has 0 heterocycles. The fourth-order valence-corrected chi connectivity index (χ4v) is 1.17. The molecule has 0 saturated carbocycles. The SMILES string of the molecule is CONCc1cc(C)ccc1Cl. The minimum absolute atomic E-state index is 0.636. The third-order valence-corrected chi connectivity index (χ3v) is 1.98. The zero-order valence-corrected chi connectivity index (χ0v) is 7.98. The monoisotopic (exact) mass is 185 g/mol. The van der Waals surface area contributed by atoms with Crippen LogP contribution >= 0.6 is 11.6 Å². The highest BCUT2D eigenvalue weighted by Crippen LogP contribution is 2.16. The molecule has 0 amide bonds. The summed E-state index contributed by atoms with van der Waals surface area (Å²) >= 11 is 5.94. The summed E-state index contributed by atoms with van der Waals surface area (Å²) in [6.45, 7) is 2.67. The van der Waals surface area contributed by atoms with Gasteiger partial charge in [0.1, 0.15) is 0 Å². The van der Waals surface area contributed by atoms with Crippen molar-refractivity contribution in [2.45, 2.75) is 13.5 Å². The Morgan fingerprint density at radius 2 is 2.25 bits per heavy atom. The number of benzene rings is 1. The van der Waals surface area contributed by atoms with Crippen LogP contribution in [-0.2, 0) is 11.4 Å². The van der Waals surface area contributed by atoms with Gasteiger partial charge in [-0.2, -0.15) is 5.48 Å². The van der Waals surface area contributed by atoms with E-state index in [1.807, 2.05) is 25.1 Å². The minimum Gasteiger partial charge on any atom is -0.305 e. The van der Waals surface area contributed by atoms with Crippen LogP contribution in [0.1, 0.15) is 11.1 Å². The zero-order valence-electron chi connectivity index (χ0n) is 7.23. The lowest BCUT2D eigenvalue weighted by molar-refractivity contribution is 0.0867. The van der Waals surface area contributed by atoms with E-state index in [0.29, 0.717) is 6.54 Å². The molecule has 2 nitrogen and oxygen atoms in total. The van der Waals surface area contributed by atoms with Crippen LogP contribution in [0, 0.1) is 6.92 Å². The molecule has 1 aromatic rings. The van der Waals surface area contributed by atoms with E-state index in [2.05, 4.69) is 5.48 Å². The maximum absolute atomic E-state index is 5.94. The molecule has 0 aromatic heterocycles. The largest absolute Gasteiger partial charge is 0.305 e. The maximum atomic E-state index is 5.94. The first kappa shape index (κ1) is 9.52. The van der Waals surface area contributed by atoms with Gasteiger partial charge in [0, 0.05) is 11.6 Å². The van der Waals surface area contributed by atoms with Crippen LogP contribution in [0.4, 0.5) is 0 Å². The topological polar surface area (TPSA) is 21.3 Å². The number of aryl methyl sites for hydroxylation is 1. The Morgan fingerprint density at radius 3 is 2.92 bits per heavy atom. The standard InChI is InChI=1S/C9H12ClNO/c1-7-3-4-9(10)8(5-7)6-11-12-2/h3-5,11H,6H2,1-2H3. The summed E-state index contributed by atoms with van der Waals surface area (Å²) < 4.78 is 0. The molecule has 0 spiro atoms. The Morgan fingerprint density at radius 1 is 1.50 bits per heavy atom. The molecule has 12 heavy (non-hydrogen) atoms. The van der Waals surface area contributed by atoms with E-state index < -0.39 is 0 Å². The predicted octanol–water partition coefficient (Wildman–Crippen LogP) is 2.30. The van der Waals surface area contributed by atoms with Gasteiger partial charge in [0.05, 0.1) is 7.11 Å². The summed E-state index contributed by atoms with van der Waals surface area (Å²) in [5.74, 6) is 0. The summed E-state index contributed by atoms with van der Waals surface area (Å²) in [4.78, 5) is 4.73. The van der Waals surface area contributed by atoms with Crippen molar-refractivity contribution in [3.8, 4) is 0 Å². The molecule has 0 unspecified atom stereocenters. The Bertz CT molecular complexity index is 263. The Kier molecular flexibility index (Phi) is 3.53. The lowest BCUT2D eigenvalue weighted by Gasteiger charge is -2.05. The van der Waals surface area contributed by atoms with E-state index in [1.54, 1.807) is 7.11 Å². The van der Waals surface area contributed by atoms with Crippen LogP contribution in [0.5, 0.6) is 0 Å². The first-order valence-electron chi connectivity index (χ1n) is 3.75. The number of hydrogen-bond donors (Lipinski definition) is 1. The van der Waals surface area contributed by atoms with E-state index in [-0.39, 0.29) is 0 Å². The van der Waals surface area contributed by atoms with Crippen LogP contribution in [0.3, 0.4) is 0 Å². The lowest BCUT2D eigenvalue weighted by Crippen LogP contribution is -2.11. The predicted molar refractivity (Wildman–Crippen MR) is 50.0 cm³/mol. The summed E-state index contributed by atoms with van der Waals surface area (Å²) in [5.41, 5.74) is 5.00. The molecule has 1 aromatic carbocycles. The van der Waals surface area contributed by atoms with E-state index >= 15 is 0 Å². The normalized spacial score (nSPS) is 10.2. The van der Waals surface area contributed by atoms with Crippen LogP contribution < -0.4 is 5.48 Å². The first-order chi connectivity index (χ1) is 5.74. The van der Waals surface area contributed by atoms with Gasteiger partial charge in [0.2, 0.25) is 0 Å². The Labute approximate surface area is 77.4 Å². The second-order valence-corrected chi connectivity index (χ2v) is 3.03. The molecule has 0 saturated heterocycles. The Hall–Kier alpha value is -0.570. The zero-order chi connectivity index (χ0) is 8.97. The third-order valence-electron chi connectivity index (χ3n) is 1.61. The van der Waals surface area contributed by atoms with Crippen molar-refractivity contribution in [3.63, 3.8) is 0 Å². The second kappa shape index (κ2) is 4.45. The van der Waals surface area contributed by atoms with Crippen molar-refractivity contribution in [2.75, 3.05) is 7.11 Å². The molecule has 1 N–H and O–H groups in total. The van der Waals surface area contributed by atoms with Gasteiger partial charge in [-0.3, -0.25) is 0 Å². The maximum Gasteiger partial charge on any atom is 0.0572 e. The summed E-state index contributed by atoms with van der Waals surface area (Å²) in [6, 6.07) is 5.91. The van der Waals surface area contributed by atoms with Gasteiger partial charge >= 0.3 is 0 Å². The summed E-state index contributed by atoms with van der Waals surface area (Å²) in [7, 11) is 1.59. The van der Waals surface area contributed by atoms with Crippen molar-refractivity contribution in [2.24, 2.45) is 0 Å². The van der Waals surface area contributed by atoms with E-state index in [0.717, 1.165) is 10.6 Å². The number of halogens is 1. The van der Waals surface area contributed by atoms with Crippen molar-refractivity contribution < 1.29 is 4.84 Å². The van der Waals surface area contributed by atoms with E-state index in [4.69, 9.17) is 16.4 Å². The average Bonchev–Trinajstić information content (AvgIpc) is 2.07. The van der Waals surface area contributed by atoms with Crippen molar-refractivity contribution >= 4 is 11.6 Å². The van der Waals surface area contributed by atoms with Gasteiger partial charge in [0.15, 0.2) is 0 Å². The molecule has 0 fully saturated rings. The number of hydrogen-bond acceptors (Lipinski definition) is 2. The first-order valence-corrected chi connectivity index (χ1v) is 4.12. The smallest absolute Gasteiger partial charge is 0.0572 e. The molecule has 0 radical (unpaired) electrons. The Balaban J connectivity index is 2.75. The average molecular weight is 186 g/mol. The molecule has 66 valence electrons. The highest BCUT2D eigenvalue weighted by molar-refractivity contribution is 6.31. The van der Waals surface area contributed by atoms with Crippen molar-refractivity contribution in [3.05, 3.63) is 34.3 Å². The van der Waals surface area contributed by atoms with Gasteiger partial charge in [0.25, 0.3) is 0 Å². The lowest BCUT2D eigenvalue weighted by atomic mass is 10.1. The van der Waals surface area contributed by atoms with Crippen LogP contribution in [-0.4, -0.2) is 7.11 Å². The molecule has 0 aliphatic heterocycles. The van der Waals surface area contributed by atoms with Crippen molar-refractivity contribution in [1.29, 1.82) is 0 Å². The van der Waals surface area contributed by atoms with E-state index in [9.17, 15) is 0 Å². The van der Waals surface area contributed by atoms with Gasteiger partial charge < -0.3 is 4.84 Å². The molecular formula is C9H12ClNO. The van der Waals surface area contributed by atoms with Crippen LogP contribution in [0.25, 0.3) is 0 Å². The van der Waals surface area contributed by atoms with E-state index in [1.165, 1.54) is 5.56 Å². The molecular weight excluding hydrogens is 174 g/mol. The number of rotatable bonds is 3. The molecule has 3 heteroatoms. The highest BCUT2D eigenvalue weighted by Gasteiger charge is 1.98. The quantitative estimate of drug-likeness (QED) is 0.730. The fourth-order valence-electron chi connectivity index (χ4n) is 0.989. The van der Waals surface area contributed by atoms with Crippen molar-refractivity contribution in [1.82, 2.24) is 5.48 Å². The number of hydroxylamine groups is 1. The van der Waals surface area contributed by atoms with Gasteiger partial charge in [-0.05, 0) is 18.6 Å². The molecule has 0 aliphatic rings. The molecule has 1 rings (SSSR count). The van der Waals surface area contributed by atoms with Gasteiger partial charge in [-0.1, -0.05) is 29.3 Å². The van der Waals surface area contributed by atoms with Crippen LogP contribution in [0.15, 0.2) is 18.2 Å². The third kappa shape index (κ3) is 2.48. The van der Waals surface area contributed by atoms with Gasteiger partial charge in [-0.25, -0.2) is 0 Å². The molecule has 0 atom stereocenters. The molecule has 0 aliphatic carbocycles. The highest BCUT2D eigenvalue weighted by atomic mass is 35.5. The summed E-state index contributed by atoms with van der Waals surface area (Å²) in [5, 5.41) is 0.769.